The van der Waals surface area contributed by atoms with Gasteiger partial charge in [0.05, 0.1) is 75.7 Å². The number of rotatable bonds is 37. The predicted octanol–water partition coefficient (Wildman–Crippen LogP) is 32.2. The van der Waals surface area contributed by atoms with Crippen molar-refractivity contribution >= 4 is 53.7 Å². The molecule has 143 heavy (non-hydrogen) atoms. The van der Waals surface area contributed by atoms with Crippen LogP contribution in [-0.2, 0) is 90.5 Å². The van der Waals surface area contributed by atoms with Crippen LogP contribution < -0.4 is 17.2 Å². The molecule has 0 bridgehead atoms. The fourth-order valence-corrected chi connectivity index (χ4v) is 12.7. The summed E-state index contributed by atoms with van der Waals surface area (Å²) in [6.45, 7) is 112. The van der Waals surface area contributed by atoms with E-state index in [1.165, 1.54) is 44.9 Å². The molecule has 22 nitrogen and oxygen atoms in total. The third-order valence-corrected chi connectivity index (χ3v) is 21.0. The van der Waals surface area contributed by atoms with Gasteiger partial charge in [-0.15, -0.1) is 0 Å². The number of nitrogens with two attached hydrogens (primary N) is 3. The topological polar surface area (TPSA) is 324 Å². The van der Waals surface area contributed by atoms with Crippen molar-refractivity contribution in [3.05, 3.63) is 0 Å². The highest BCUT2D eigenvalue weighted by Crippen LogP contribution is 2.32. The summed E-state index contributed by atoms with van der Waals surface area (Å²) in [5, 5.41) is 0. The van der Waals surface area contributed by atoms with Gasteiger partial charge in [-0.1, -0.05) is 379 Å². The Morgan fingerprint density at radius 2 is 0.636 bits per heavy atom. The van der Waals surface area contributed by atoms with Gasteiger partial charge in [-0.05, 0) is 233 Å². The molecule has 0 saturated heterocycles. The zero-order chi connectivity index (χ0) is 113. The van der Waals surface area contributed by atoms with E-state index in [2.05, 4.69) is 222 Å². The first-order valence-electron chi connectivity index (χ1n) is 54.6. The lowest BCUT2D eigenvalue weighted by atomic mass is 9.87. The molecule has 2 aliphatic rings. The van der Waals surface area contributed by atoms with Crippen LogP contribution in [0.15, 0.2) is 0 Å². The minimum absolute atomic E-state index is 0. The Balaban J connectivity index is -0.000000150. The highest BCUT2D eigenvalue weighted by Gasteiger charge is 2.32. The maximum Gasteiger partial charge on any atom is 0.332 e. The van der Waals surface area contributed by atoms with Crippen LogP contribution in [-0.4, -0.2) is 143 Å². The average Bonchev–Trinajstić information content (AvgIpc) is 1.62. The van der Waals surface area contributed by atoms with Crippen LogP contribution in [0.3, 0.4) is 0 Å². The Bertz CT molecular complexity index is 3110. The summed E-state index contributed by atoms with van der Waals surface area (Å²) in [5.41, 5.74) is 19.2. The highest BCUT2D eigenvalue weighted by molar-refractivity contribution is 5.79. The van der Waals surface area contributed by atoms with Crippen LogP contribution in [0.1, 0.15) is 542 Å². The van der Waals surface area contributed by atoms with Gasteiger partial charge in [-0.2, -0.15) is 0 Å². The standard InChI is InChI=1S/C13H27NO2.2C13H24O2.C12H25NO2.C12H24O2.C11H23NO2.2C11H22O2.C10H20O3.C7H16.C6H14.2CH4/c1-12(2,3)8-7-9-16-11(15)10(14)13(4,5)6;1-10(9-13(2,3)4)15-12(14)11-7-5-6-8-11;1-13(2,3)9-6-10-15-12(14)11-7-4-5-8-11;1-9(2)10(13)11(14)15-8-6-7-12(3,4)5;1-9(2)7-11(13)14-10(3)8-12(4,5)6;1-10(2,3)7-6-8-14-9(13)11(4,5)12;1-8(2)10(12)13-9(3)7-11(4,5)6;1-9(2)8-10(12)13-7-6-11(3,4)5;1-5-6-12-7-9(11)13-8-10(2,3)4;1-5-6-7(2,3)4;1-5-6(2,3)4;;/h10H,7-9,14H2,1-6H3;10-11H,5-9H2,1-4H3;11H,4-10H2,1-3H3;9-10H,6-8,13H2,1-5H3;9-10H,7-8H2,1-6H3;6-8,12H2,1-5H3;8-9H,7H2,1-6H3;9H,6-8H2,1-5H3;5-8H2,1-4H3;5-6H2,1-4H3;5H2,1-4H3;2*1H4. The second-order valence-electron chi connectivity index (χ2n) is 56.1. The van der Waals surface area contributed by atoms with Crippen LogP contribution >= 0.6 is 0 Å². The van der Waals surface area contributed by atoms with E-state index in [0.29, 0.717) is 103 Å². The molecule has 5 atom stereocenters. The predicted molar refractivity (Wildman–Crippen MR) is 608 cm³/mol. The van der Waals surface area contributed by atoms with Crippen LogP contribution in [0, 0.1) is 100 Å². The van der Waals surface area contributed by atoms with Crippen molar-refractivity contribution in [3.63, 3.8) is 0 Å². The lowest BCUT2D eigenvalue weighted by Crippen LogP contribution is -2.43. The van der Waals surface area contributed by atoms with Gasteiger partial charge in [0.1, 0.15) is 24.2 Å². The Kier molecular flexibility index (Phi) is 90.9. The smallest absolute Gasteiger partial charge is 0.332 e. The molecule has 0 aromatic heterocycles. The molecule has 5 unspecified atom stereocenters. The van der Waals surface area contributed by atoms with E-state index in [-0.39, 0.29) is 150 Å². The van der Waals surface area contributed by atoms with E-state index in [4.69, 9.17) is 64.6 Å². The Morgan fingerprint density at radius 1 is 0.315 bits per heavy atom. The molecule has 22 heteroatoms. The molecule has 0 aromatic carbocycles. The Hall–Kier alpha value is -4.93. The quantitative estimate of drug-likeness (QED) is 0.0295. The molecule has 2 aliphatic carbocycles. The maximum atomic E-state index is 11.7. The molecule has 2 fully saturated rings. The van der Waals surface area contributed by atoms with Crippen molar-refractivity contribution < 1.29 is 90.5 Å². The molecule has 0 heterocycles. The zero-order valence-electron chi connectivity index (χ0n) is 103. The first-order valence-corrected chi connectivity index (χ1v) is 54.6. The lowest BCUT2D eigenvalue weighted by Gasteiger charge is -2.25. The van der Waals surface area contributed by atoms with Crippen LogP contribution in [0.2, 0.25) is 0 Å². The first kappa shape index (κ1) is 161. The molecule has 0 aliphatic heterocycles. The van der Waals surface area contributed by atoms with Gasteiger partial charge in [0, 0.05) is 19.4 Å². The Morgan fingerprint density at radius 3 is 0.923 bits per heavy atom. The van der Waals surface area contributed by atoms with E-state index in [9.17, 15) is 43.2 Å². The van der Waals surface area contributed by atoms with E-state index in [0.717, 1.165) is 109 Å². The third-order valence-electron chi connectivity index (χ3n) is 21.0. The van der Waals surface area contributed by atoms with Crippen molar-refractivity contribution in [2.45, 2.75) is 578 Å². The Labute approximate surface area is 887 Å². The van der Waals surface area contributed by atoms with E-state index in [1.807, 2.05) is 125 Å². The number of hydrogen-bond donors (Lipinski definition) is 3. The second kappa shape index (κ2) is 80.9. The maximum absolute atomic E-state index is 11.7. The lowest BCUT2D eigenvalue weighted by molar-refractivity contribution is -0.154. The van der Waals surface area contributed by atoms with Crippen molar-refractivity contribution in [3.8, 4) is 0 Å². The normalized spacial score (nSPS) is 14.3. The van der Waals surface area contributed by atoms with Crippen LogP contribution in [0.4, 0.5) is 0 Å². The number of carbonyl (C=O) groups excluding carboxylic acids is 9. The summed E-state index contributed by atoms with van der Waals surface area (Å²) in [7, 11) is 0. The second-order valence-corrected chi connectivity index (χ2v) is 56.1. The summed E-state index contributed by atoms with van der Waals surface area (Å²) in [6.07, 6.45) is 26.5. The van der Waals surface area contributed by atoms with Gasteiger partial charge in [-0.25, -0.2) is 4.79 Å². The molecule has 0 radical (unpaired) electrons. The van der Waals surface area contributed by atoms with Gasteiger partial charge in [0.2, 0.25) is 0 Å². The van der Waals surface area contributed by atoms with Crippen LogP contribution in [0.25, 0.3) is 0 Å². The molecule has 0 amide bonds. The fourth-order valence-electron chi connectivity index (χ4n) is 12.7. The number of esters is 9. The molecule has 0 spiro atoms. The average molecular weight is 2050 g/mol. The summed E-state index contributed by atoms with van der Waals surface area (Å²) in [4.78, 5) is 102. The number of ether oxygens (including phenoxy) is 10. The van der Waals surface area contributed by atoms with Gasteiger partial charge in [0.25, 0.3) is 0 Å². The monoisotopic (exact) mass is 2050 g/mol. The highest BCUT2D eigenvalue weighted by atomic mass is 16.6. The van der Waals surface area contributed by atoms with Gasteiger partial charge in [0.15, 0.2) is 0 Å². The zero-order valence-corrected chi connectivity index (χ0v) is 103. The summed E-state index contributed by atoms with van der Waals surface area (Å²) >= 11 is 0. The molecule has 2 saturated carbocycles. The van der Waals surface area contributed by atoms with Crippen molar-refractivity contribution in [1.29, 1.82) is 0 Å². The van der Waals surface area contributed by atoms with Crippen molar-refractivity contribution in [2.75, 3.05) is 52.9 Å². The van der Waals surface area contributed by atoms with Gasteiger partial charge >= 0.3 is 53.7 Å². The molecule has 2 rings (SSSR count). The molecular formula is C121H249N3O19. The molecule has 862 valence electrons. The summed E-state index contributed by atoms with van der Waals surface area (Å²) in [5.74, 6) is -0.0606. The molecule has 6 N–H and O–H groups in total. The van der Waals surface area contributed by atoms with Crippen molar-refractivity contribution in [2.24, 2.45) is 118 Å². The van der Waals surface area contributed by atoms with E-state index in [1.54, 1.807) is 13.8 Å². The van der Waals surface area contributed by atoms with Gasteiger partial charge < -0.3 is 64.6 Å². The SMILES string of the molecule is C.C.CC(C)(C)CCCOC(=O)C(C)(C)N.CC(C)(C)CCCOC(=O)C(N)C(C)(C)C.CC(C)(C)CCCOC(=O)C1CCCC1.CC(C)C(N)C(=O)OCCCC(C)(C)C.CC(C)CC(=O)OC(C)CC(C)(C)C.CC(C)CC(=O)OCCC(C)(C)C.CC(CC(C)(C)C)OC(=O)C(C)C.CC(CC(C)(C)C)OC(=O)C1CCCC1.CCC(C)(C)C.CCCC(C)(C)C.CCCOCC(=O)OCC(C)(C)C. The number of carbonyl (C=O) groups is 9. The van der Waals surface area contributed by atoms with Crippen molar-refractivity contribution in [1.82, 2.24) is 0 Å². The summed E-state index contributed by atoms with van der Waals surface area (Å²) < 4.78 is 51.7. The van der Waals surface area contributed by atoms with Gasteiger partial charge in [-0.3, -0.25) is 38.4 Å². The minimum atomic E-state index is -0.873. The number of hydrogen-bond acceptors (Lipinski definition) is 22. The minimum Gasteiger partial charge on any atom is -0.466 e. The van der Waals surface area contributed by atoms with E-state index < -0.39 is 17.6 Å². The van der Waals surface area contributed by atoms with E-state index >= 15 is 0 Å². The molecule has 0 aromatic rings. The largest absolute Gasteiger partial charge is 0.466 e. The third kappa shape index (κ3) is 133. The first-order chi connectivity index (χ1) is 63.1. The molecular weight excluding hydrogens is 1800 g/mol. The summed E-state index contributed by atoms with van der Waals surface area (Å²) in [6, 6.07) is -1.03. The van der Waals surface area contributed by atoms with Crippen LogP contribution in [0.5, 0.6) is 0 Å². The fraction of sp³-hybridized carbons (Fsp3) is 0.926.